The van der Waals surface area contributed by atoms with Gasteiger partial charge in [0.05, 0.1) is 36.8 Å². The molecule has 0 saturated carbocycles. The molecule has 1 atom stereocenters. The van der Waals surface area contributed by atoms with Gasteiger partial charge in [0.15, 0.2) is 0 Å². The lowest BCUT2D eigenvalue weighted by atomic mass is 10.1. The SMILES string of the molecule is CNCc1ccc(-c2nnc(-c3cncc(-c4ccc(=O)n(C(C)C#N)c4)n3)o2)c(OC)c1. The molecule has 4 aromatic rings. The molecule has 10 heteroatoms. The van der Waals surface area contributed by atoms with Crippen molar-refractivity contribution in [2.24, 2.45) is 0 Å². The Morgan fingerprint density at radius 1 is 1.18 bits per heavy atom. The predicted molar refractivity (Wildman–Crippen MR) is 120 cm³/mol. The second-order valence-corrected chi connectivity index (χ2v) is 7.24. The predicted octanol–water partition coefficient (Wildman–Crippen LogP) is 2.83. The maximum absolute atomic E-state index is 12.1. The third-order valence-corrected chi connectivity index (χ3v) is 4.99. The highest BCUT2D eigenvalue weighted by molar-refractivity contribution is 5.65. The van der Waals surface area contributed by atoms with E-state index in [9.17, 15) is 4.79 Å². The summed E-state index contributed by atoms with van der Waals surface area (Å²) < 4.78 is 12.7. The van der Waals surface area contributed by atoms with Crippen molar-refractivity contribution in [3.05, 3.63) is 64.8 Å². The van der Waals surface area contributed by atoms with Crippen molar-refractivity contribution in [2.75, 3.05) is 14.2 Å². The van der Waals surface area contributed by atoms with Crippen LogP contribution in [0.5, 0.6) is 5.75 Å². The summed E-state index contributed by atoms with van der Waals surface area (Å²) in [5, 5.41) is 20.5. The molecule has 3 aromatic heterocycles. The van der Waals surface area contributed by atoms with E-state index in [0.717, 1.165) is 5.56 Å². The second kappa shape index (κ2) is 9.42. The first-order valence-corrected chi connectivity index (χ1v) is 10.1. The Balaban J connectivity index is 1.68. The van der Waals surface area contributed by atoms with Crippen LogP contribution in [0.25, 0.3) is 34.3 Å². The number of pyridine rings is 1. The van der Waals surface area contributed by atoms with Gasteiger partial charge < -0.3 is 14.5 Å². The Hall–Kier alpha value is -4.36. The van der Waals surface area contributed by atoms with E-state index in [1.54, 1.807) is 32.5 Å². The molecule has 0 fully saturated rings. The summed E-state index contributed by atoms with van der Waals surface area (Å²) in [6.45, 7) is 2.35. The topological polar surface area (TPSA) is 132 Å². The lowest BCUT2D eigenvalue weighted by molar-refractivity contribution is 0.413. The van der Waals surface area contributed by atoms with Crippen LogP contribution in [-0.4, -0.2) is 38.9 Å². The largest absolute Gasteiger partial charge is 0.496 e. The summed E-state index contributed by atoms with van der Waals surface area (Å²) in [6.07, 6.45) is 4.66. The van der Waals surface area contributed by atoms with E-state index in [1.165, 1.54) is 16.8 Å². The van der Waals surface area contributed by atoms with Gasteiger partial charge in [-0.15, -0.1) is 10.2 Å². The van der Waals surface area contributed by atoms with E-state index < -0.39 is 6.04 Å². The van der Waals surface area contributed by atoms with Crippen molar-refractivity contribution >= 4 is 0 Å². The van der Waals surface area contributed by atoms with Gasteiger partial charge in [-0.2, -0.15) is 5.26 Å². The summed E-state index contributed by atoms with van der Waals surface area (Å²) in [6, 6.07) is 10.2. The third kappa shape index (κ3) is 4.49. The number of methoxy groups -OCH3 is 1. The average Bonchev–Trinajstić information content (AvgIpc) is 3.34. The standard InChI is InChI=1S/C23H21N7O3/c1-14(9-24)30-13-16(5-7-21(30)31)18-11-26-12-19(27-18)23-29-28-22(33-23)17-6-4-15(10-25-2)8-20(17)32-3/h4-8,11-14,25H,10H2,1-3H3. The molecular formula is C23H21N7O3. The van der Waals surface area contributed by atoms with Gasteiger partial charge >= 0.3 is 0 Å². The minimum absolute atomic E-state index is 0.194. The minimum atomic E-state index is -0.610. The molecule has 0 amide bonds. The van der Waals surface area contributed by atoms with Gasteiger partial charge in [0.25, 0.3) is 17.3 Å². The normalized spacial score (nSPS) is 11.7. The van der Waals surface area contributed by atoms with Crippen LogP contribution in [0.1, 0.15) is 18.5 Å². The van der Waals surface area contributed by atoms with Crippen molar-refractivity contribution in [1.82, 2.24) is 30.0 Å². The van der Waals surface area contributed by atoms with E-state index >= 15 is 0 Å². The number of hydrogen-bond acceptors (Lipinski definition) is 9. The number of rotatable bonds is 7. The van der Waals surface area contributed by atoms with Crippen molar-refractivity contribution < 1.29 is 9.15 Å². The molecule has 10 nitrogen and oxygen atoms in total. The van der Waals surface area contributed by atoms with Crippen molar-refractivity contribution in [1.29, 1.82) is 5.26 Å². The molecule has 0 aliphatic rings. The van der Waals surface area contributed by atoms with Crippen LogP contribution in [0.2, 0.25) is 0 Å². The molecule has 1 aromatic carbocycles. The van der Waals surface area contributed by atoms with Gasteiger partial charge in [-0.3, -0.25) is 14.3 Å². The van der Waals surface area contributed by atoms with Crippen LogP contribution in [0.15, 0.2) is 58.1 Å². The first-order valence-electron chi connectivity index (χ1n) is 10.1. The van der Waals surface area contributed by atoms with Crippen LogP contribution in [0.4, 0.5) is 0 Å². The number of aromatic nitrogens is 5. The Morgan fingerprint density at radius 3 is 2.73 bits per heavy atom. The number of hydrogen-bond donors (Lipinski definition) is 1. The van der Waals surface area contributed by atoms with Crippen LogP contribution in [0, 0.1) is 11.3 Å². The summed E-state index contributed by atoms with van der Waals surface area (Å²) in [4.78, 5) is 20.9. The van der Waals surface area contributed by atoms with Crippen molar-refractivity contribution in [2.45, 2.75) is 19.5 Å². The zero-order valence-corrected chi connectivity index (χ0v) is 18.3. The third-order valence-electron chi connectivity index (χ3n) is 4.99. The van der Waals surface area contributed by atoms with Crippen molar-refractivity contribution in [3.8, 4) is 46.1 Å². The fourth-order valence-corrected chi connectivity index (χ4v) is 3.29. The number of nitrogens with one attached hydrogen (secondary N) is 1. The lowest BCUT2D eigenvalue weighted by Crippen LogP contribution is -2.21. The first-order chi connectivity index (χ1) is 16.0. The van der Waals surface area contributed by atoms with Gasteiger partial charge in [0.1, 0.15) is 17.5 Å². The highest BCUT2D eigenvalue weighted by Crippen LogP contribution is 2.31. The molecule has 0 aliphatic heterocycles. The Bertz CT molecular complexity index is 1390. The van der Waals surface area contributed by atoms with Crippen molar-refractivity contribution in [3.63, 3.8) is 0 Å². The highest BCUT2D eigenvalue weighted by Gasteiger charge is 2.17. The summed E-state index contributed by atoms with van der Waals surface area (Å²) in [5.74, 6) is 1.10. The number of nitriles is 1. The molecule has 1 N–H and O–H groups in total. The number of benzene rings is 1. The Labute approximate surface area is 189 Å². The summed E-state index contributed by atoms with van der Waals surface area (Å²) in [7, 11) is 3.46. The zero-order chi connectivity index (χ0) is 23.4. The molecule has 1 unspecified atom stereocenters. The molecule has 0 bridgehead atoms. The zero-order valence-electron chi connectivity index (χ0n) is 18.3. The van der Waals surface area contributed by atoms with E-state index in [0.29, 0.717) is 40.7 Å². The summed E-state index contributed by atoms with van der Waals surface area (Å²) in [5.41, 5.74) is 2.96. The maximum atomic E-state index is 12.1. The van der Waals surface area contributed by atoms with Gasteiger partial charge in [0.2, 0.25) is 0 Å². The van der Waals surface area contributed by atoms with E-state index in [4.69, 9.17) is 14.4 Å². The fraction of sp³-hybridized carbons (Fsp3) is 0.217. The van der Waals surface area contributed by atoms with Gasteiger partial charge in [-0.25, -0.2) is 4.98 Å². The quantitative estimate of drug-likeness (QED) is 0.458. The molecular weight excluding hydrogens is 422 g/mol. The van der Waals surface area contributed by atoms with E-state index in [2.05, 4.69) is 31.6 Å². The van der Waals surface area contributed by atoms with Crippen LogP contribution in [0.3, 0.4) is 0 Å². The smallest absolute Gasteiger partial charge is 0.268 e. The molecule has 0 radical (unpaired) electrons. The molecule has 0 aliphatic carbocycles. The maximum Gasteiger partial charge on any atom is 0.268 e. The average molecular weight is 443 g/mol. The monoisotopic (exact) mass is 443 g/mol. The van der Waals surface area contributed by atoms with Crippen LogP contribution in [-0.2, 0) is 6.54 Å². The minimum Gasteiger partial charge on any atom is -0.496 e. The molecule has 0 saturated heterocycles. The number of ether oxygens (including phenoxy) is 1. The first kappa shape index (κ1) is 21.9. The van der Waals surface area contributed by atoms with Crippen LogP contribution >= 0.6 is 0 Å². The molecule has 3 heterocycles. The van der Waals surface area contributed by atoms with E-state index in [1.807, 2.05) is 25.2 Å². The number of nitrogens with zero attached hydrogens (tertiary/aromatic N) is 6. The molecule has 166 valence electrons. The van der Waals surface area contributed by atoms with Gasteiger partial charge in [0, 0.05) is 24.4 Å². The molecule has 33 heavy (non-hydrogen) atoms. The van der Waals surface area contributed by atoms with Crippen LogP contribution < -0.4 is 15.6 Å². The molecule has 0 spiro atoms. The lowest BCUT2D eigenvalue weighted by Gasteiger charge is -2.09. The molecule has 4 rings (SSSR count). The summed E-state index contributed by atoms with van der Waals surface area (Å²) >= 11 is 0. The Morgan fingerprint density at radius 2 is 1.97 bits per heavy atom. The van der Waals surface area contributed by atoms with Gasteiger partial charge in [-0.1, -0.05) is 6.07 Å². The Kier molecular flexibility index (Phi) is 6.24. The highest BCUT2D eigenvalue weighted by atomic mass is 16.5. The van der Waals surface area contributed by atoms with E-state index in [-0.39, 0.29) is 11.4 Å². The van der Waals surface area contributed by atoms with Gasteiger partial charge in [-0.05, 0) is 37.7 Å². The fourth-order valence-electron chi connectivity index (χ4n) is 3.29. The second-order valence-electron chi connectivity index (χ2n) is 7.24.